The standard InChI is InChI=1S/C21H36O10/c1-11(2)5-4-6-12(3)7-8-28-20-19(27)17(25)16(24)14(31-20)10-29-21-18(26)15(23)13(9-22)30-21/h5,7,13-27H,4,6,8-10H2,1-3H3/t13-,14+,15-,16+,17-,18+,19+,20+,21+/m0/s1. The molecule has 0 amide bonds. The van der Waals surface area contributed by atoms with E-state index in [4.69, 9.17) is 24.1 Å². The lowest BCUT2D eigenvalue weighted by atomic mass is 9.99. The molecule has 0 unspecified atom stereocenters. The molecule has 2 heterocycles. The zero-order chi connectivity index (χ0) is 23.1. The molecule has 10 nitrogen and oxygen atoms in total. The summed E-state index contributed by atoms with van der Waals surface area (Å²) >= 11 is 0. The molecule has 10 heteroatoms. The number of aliphatic hydroxyl groups is 6. The number of aliphatic hydroxyl groups excluding tert-OH is 6. The fourth-order valence-corrected chi connectivity index (χ4v) is 3.36. The summed E-state index contributed by atoms with van der Waals surface area (Å²) in [6.45, 7) is 5.38. The number of allylic oxidation sites excluding steroid dienone is 3. The normalized spacial score (nSPS) is 39.0. The first-order valence-electron chi connectivity index (χ1n) is 10.5. The molecule has 0 radical (unpaired) electrons. The summed E-state index contributed by atoms with van der Waals surface area (Å²) in [5, 5.41) is 59.3. The van der Waals surface area contributed by atoms with E-state index in [-0.39, 0.29) is 13.2 Å². The van der Waals surface area contributed by atoms with Crippen LogP contribution in [0.2, 0.25) is 0 Å². The van der Waals surface area contributed by atoms with Crippen molar-refractivity contribution in [3.05, 3.63) is 23.3 Å². The summed E-state index contributed by atoms with van der Waals surface area (Å²) in [6.07, 6.45) is -5.88. The van der Waals surface area contributed by atoms with Gasteiger partial charge in [0.15, 0.2) is 12.6 Å². The van der Waals surface area contributed by atoms with Crippen molar-refractivity contribution < 1.29 is 49.6 Å². The first-order chi connectivity index (χ1) is 14.6. The third kappa shape index (κ3) is 7.29. The highest BCUT2D eigenvalue weighted by Crippen LogP contribution is 2.26. The van der Waals surface area contributed by atoms with Gasteiger partial charge in [0.25, 0.3) is 0 Å². The second kappa shape index (κ2) is 12.4. The third-order valence-corrected chi connectivity index (χ3v) is 5.38. The lowest BCUT2D eigenvalue weighted by Crippen LogP contribution is -2.59. The van der Waals surface area contributed by atoms with Gasteiger partial charge in [0.1, 0.15) is 42.7 Å². The van der Waals surface area contributed by atoms with Gasteiger partial charge in [-0.1, -0.05) is 23.3 Å². The molecular weight excluding hydrogens is 412 g/mol. The minimum absolute atomic E-state index is 0.146. The first kappa shape index (κ1) is 26.3. The fourth-order valence-electron chi connectivity index (χ4n) is 3.36. The Morgan fingerprint density at radius 2 is 1.35 bits per heavy atom. The summed E-state index contributed by atoms with van der Waals surface area (Å²) in [6, 6.07) is 0. The Morgan fingerprint density at radius 1 is 0.774 bits per heavy atom. The van der Waals surface area contributed by atoms with Crippen molar-refractivity contribution in [3.63, 3.8) is 0 Å². The van der Waals surface area contributed by atoms with Crippen LogP contribution in [0.1, 0.15) is 33.6 Å². The predicted molar refractivity (Wildman–Crippen MR) is 109 cm³/mol. The van der Waals surface area contributed by atoms with E-state index in [9.17, 15) is 25.5 Å². The molecule has 2 aliphatic heterocycles. The molecule has 0 aromatic rings. The van der Waals surface area contributed by atoms with E-state index >= 15 is 0 Å². The van der Waals surface area contributed by atoms with Crippen LogP contribution < -0.4 is 0 Å². The molecule has 2 saturated heterocycles. The van der Waals surface area contributed by atoms with Gasteiger partial charge in [-0.3, -0.25) is 0 Å². The second-order valence-electron chi connectivity index (χ2n) is 8.26. The Bertz CT molecular complexity index is 605. The van der Waals surface area contributed by atoms with Crippen LogP contribution in [0.4, 0.5) is 0 Å². The molecule has 180 valence electrons. The maximum absolute atomic E-state index is 10.2. The molecule has 9 atom stereocenters. The summed E-state index contributed by atoms with van der Waals surface area (Å²) in [4.78, 5) is 0. The minimum atomic E-state index is -1.53. The van der Waals surface area contributed by atoms with Gasteiger partial charge >= 0.3 is 0 Å². The van der Waals surface area contributed by atoms with E-state index in [2.05, 4.69) is 6.08 Å². The average molecular weight is 449 g/mol. The molecule has 0 spiro atoms. The highest BCUT2D eigenvalue weighted by atomic mass is 16.7. The lowest BCUT2D eigenvalue weighted by Gasteiger charge is -2.40. The van der Waals surface area contributed by atoms with Crippen LogP contribution in [0.5, 0.6) is 0 Å². The van der Waals surface area contributed by atoms with E-state index in [0.29, 0.717) is 0 Å². The third-order valence-electron chi connectivity index (χ3n) is 5.38. The van der Waals surface area contributed by atoms with Crippen molar-refractivity contribution in [1.82, 2.24) is 0 Å². The van der Waals surface area contributed by atoms with Crippen LogP contribution in [0.15, 0.2) is 23.3 Å². The molecule has 31 heavy (non-hydrogen) atoms. The van der Waals surface area contributed by atoms with Crippen molar-refractivity contribution in [2.24, 2.45) is 0 Å². The quantitative estimate of drug-likeness (QED) is 0.228. The van der Waals surface area contributed by atoms with Crippen LogP contribution in [-0.4, -0.2) is 106 Å². The van der Waals surface area contributed by atoms with E-state index in [1.165, 1.54) is 5.57 Å². The molecule has 2 rings (SSSR count). The number of hydrogen-bond acceptors (Lipinski definition) is 10. The van der Waals surface area contributed by atoms with E-state index in [1.807, 2.05) is 26.8 Å². The van der Waals surface area contributed by atoms with Crippen molar-refractivity contribution >= 4 is 0 Å². The highest BCUT2D eigenvalue weighted by Gasteiger charge is 2.47. The van der Waals surface area contributed by atoms with E-state index < -0.39 is 61.9 Å². The van der Waals surface area contributed by atoms with Crippen molar-refractivity contribution in [3.8, 4) is 0 Å². The van der Waals surface area contributed by atoms with Gasteiger partial charge in [-0.15, -0.1) is 0 Å². The smallest absolute Gasteiger partial charge is 0.187 e. The monoisotopic (exact) mass is 448 g/mol. The molecule has 2 aliphatic rings. The Hall–Kier alpha value is -0.920. The van der Waals surface area contributed by atoms with Gasteiger partial charge in [-0.05, 0) is 33.6 Å². The Balaban J connectivity index is 1.86. The van der Waals surface area contributed by atoms with Crippen LogP contribution in [0.25, 0.3) is 0 Å². The van der Waals surface area contributed by atoms with Crippen LogP contribution in [-0.2, 0) is 18.9 Å². The summed E-state index contributed by atoms with van der Waals surface area (Å²) < 4.78 is 21.7. The zero-order valence-electron chi connectivity index (χ0n) is 18.2. The van der Waals surface area contributed by atoms with Crippen molar-refractivity contribution in [2.45, 2.75) is 88.9 Å². The summed E-state index contributed by atoms with van der Waals surface area (Å²) in [7, 11) is 0. The molecular formula is C21H36O10. The van der Waals surface area contributed by atoms with E-state index in [0.717, 1.165) is 18.4 Å². The van der Waals surface area contributed by atoms with Crippen molar-refractivity contribution in [2.75, 3.05) is 19.8 Å². The highest BCUT2D eigenvalue weighted by molar-refractivity contribution is 5.02. The summed E-state index contributed by atoms with van der Waals surface area (Å²) in [5.41, 5.74) is 2.35. The molecule has 6 N–H and O–H groups in total. The number of ether oxygens (including phenoxy) is 4. The SMILES string of the molecule is CC(C)=CCCC(C)=CCO[C@@H]1O[C@H](CO[C@@H]2O[C@@H](CO)[C@H](O)[C@H]2O)[C@@H](O)[C@H](O)[C@H]1O. The molecule has 0 bridgehead atoms. The Morgan fingerprint density at radius 3 is 1.97 bits per heavy atom. The predicted octanol–water partition coefficient (Wildman–Crippen LogP) is -1.04. The van der Waals surface area contributed by atoms with Crippen molar-refractivity contribution in [1.29, 1.82) is 0 Å². The fraction of sp³-hybridized carbons (Fsp3) is 0.810. The average Bonchev–Trinajstić information content (AvgIpc) is 3.00. The maximum Gasteiger partial charge on any atom is 0.187 e. The summed E-state index contributed by atoms with van der Waals surface area (Å²) in [5.74, 6) is 0. The molecule has 0 aliphatic carbocycles. The van der Waals surface area contributed by atoms with Gasteiger partial charge in [0.2, 0.25) is 0 Å². The van der Waals surface area contributed by atoms with Gasteiger partial charge in [0.05, 0.1) is 19.8 Å². The second-order valence-corrected chi connectivity index (χ2v) is 8.26. The lowest BCUT2D eigenvalue weighted by molar-refractivity contribution is -0.308. The van der Waals surface area contributed by atoms with Gasteiger partial charge in [0, 0.05) is 0 Å². The topological polar surface area (TPSA) is 158 Å². The van der Waals surface area contributed by atoms with Gasteiger partial charge < -0.3 is 49.6 Å². The molecule has 0 aromatic heterocycles. The number of rotatable bonds is 10. The Kier molecular flexibility index (Phi) is 10.5. The molecule has 2 fully saturated rings. The Labute approximate surface area is 182 Å². The van der Waals surface area contributed by atoms with Crippen LogP contribution in [0.3, 0.4) is 0 Å². The largest absolute Gasteiger partial charge is 0.394 e. The minimum Gasteiger partial charge on any atom is -0.394 e. The van der Waals surface area contributed by atoms with E-state index in [1.54, 1.807) is 0 Å². The van der Waals surface area contributed by atoms with Crippen LogP contribution in [0, 0.1) is 0 Å². The van der Waals surface area contributed by atoms with Crippen LogP contribution >= 0.6 is 0 Å². The van der Waals surface area contributed by atoms with Gasteiger partial charge in [-0.2, -0.15) is 0 Å². The molecule has 0 saturated carbocycles. The number of hydrogen-bond donors (Lipinski definition) is 6. The van der Waals surface area contributed by atoms with Gasteiger partial charge in [-0.25, -0.2) is 0 Å². The zero-order valence-corrected chi connectivity index (χ0v) is 18.2. The molecule has 0 aromatic carbocycles. The first-order valence-corrected chi connectivity index (χ1v) is 10.5. The maximum atomic E-state index is 10.2.